The number of carbonyl (C=O) groups excluding carboxylic acids is 1. The summed E-state index contributed by atoms with van der Waals surface area (Å²) >= 11 is 0. The number of rotatable bonds is 11. The van der Waals surface area contributed by atoms with Gasteiger partial charge in [0.1, 0.15) is 18.2 Å². The van der Waals surface area contributed by atoms with E-state index < -0.39 is 34.1 Å². The van der Waals surface area contributed by atoms with E-state index in [4.69, 9.17) is 9.47 Å². The van der Waals surface area contributed by atoms with E-state index >= 15 is 0 Å². The minimum absolute atomic E-state index is 0.0885. The summed E-state index contributed by atoms with van der Waals surface area (Å²) in [5.74, 6) is -0.633. The first kappa shape index (κ1) is 26.0. The van der Waals surface area contributed by atoms with E-state index in [0.717, 1.165) is 46.3 Å². The molecule has 0 saturated carbocycles. The smallest absolute Gasteiger partial charge is 0.264 e. The van der Waals surface area contributed by atoms with Crippen molar-refractivity contribution in [2.45, 2.75) is 25.3 Å². The number of carbonyl (C=O) groups is 1. The summed E-state index contributed by atoms with van der Waals surface area (Å²) in [6, 6.07) is 14.2. The molecule has 1 N–H and O–H groups in total. The Balaban J connectivity index is 1.80. The van der Waals surface area contributed by atoms with Gasteiger partial charge in [-0.25, -0.2) is 17.2 Å². The molecule has 3 aromatic carbocycles. The Morgan fingerprint density at radius 1 is 0.857 bits per heavy atom. The second-order valence-electron chi connectivity index (χ2n) is 7.37. The van der Waals surface area contributed by atoms with E-state index in [2.05, 4.69) is 5.32 Å². The van der Waals surface area contributed by atoms with Gasteiger partial charge in [0.15, 0.2) is 11.5 Å². The Bertz CT molecular complexity index is 1250. The zero-order chi connectivity index (χ0) is 25.4. The van der Waals surface area contributed by atoms with Crippen molar-refractivity contribution in [1.82, 2.24) is 5.32 Å². The minimum Gasteiger partial charge on any atom is -0.490 e. The number of amides is 1. The summed E-state index contributed by atoms with van der Waals surface area (Å²) in [6.07, 6.45) is 0. The van der Waals surface area contributed by atoms with Crippen LogP contribution in [0, 0.1) is 11.6 Å². The van der Waals surface area contributed by atoms with Gasteiger partial charge in [-0.3, -0.25) is 9.10 Å². The molecule has 7 nitrogen and oxygen atoms in total. The Kier molecular flexibility index (Phi) is 8.64. The lowest BCUT2D eigenvalue weighted by atomic mass is 10.2. The lowest BCUT2D eigenvalue weighted by Crippen LogP contribution is -2.40. The highest BCUT2D eigenvalue weighted by atomic mass is 32.2. The number of sulfonamides is 1. The van der Waals surface area contributed by atoms with Gasteiger partial charge in [-0.05, 0) is 80.1 Å². The van der Waals surface area contributed by atoms with Crippen LogP contribution >= 0.6 is 0 Å². The van der Waals surface area contributed by atoms with Crippen molar-refractivity contribution in [1.29, 1.82) is 0 Å². The maximum atomic E-state index is 13.4. The molecular weight excluding hydrogens is 478 g/mol. The Hall–Kier alpha value is -3.66. The molecule has 3 rings (SSSR count). The number of nitrogens with one attached hydrogen (secondary N) is 1. The van der Waals surface area contributed by atoms with Crippen LogP contribution in [0.5, 0.6) is 11.5 Å². The van der Waals surface area contributed by atoms with E-state index in [1.54, 1.807) is 18.2 Å². The molecule has 0 fully saturated rings. The van der Waals surface area contributed by atoms with Gasteiger partial charge in [0, 0.05) is 6.54 Å². The molecule has 0 atom stereocenters. The second kappa shape index (κ2) is 11.7. The Labute approximate surface area is 203 Å². The van der Waals surface area contributed by atoms with Crippen LogP contribution in [-0.2, 0) is 21.4 Å². The van der Waals surface area contributed by atoms with Crippen LogP contribution in [0.15, 0.2) is 71.6 Å². The maximum Gasteiger partial charge on any atom is 0.264 e. The zero-order valence-corrected chi connectivity index (χ0v) is 20.1. The van der Waals surface area contributed by atoms with E-state index in [1.165, 1.54) is 12.1 Å². The van der Waals surface area contributed by atoms with Crippen LogP contribution < -0.4 is 19.1 Å². The summed E-state index contributed by atoms with van der Waals surface area (Å²) in [5, 5.41) is 2.69. The lowest BCUT2D eigenvalue weighted by molar-refractivity contribution is -0.119. The van der Waals surface area contributed by atoms with Gasteiger partial charge in [0.2, 0.25) is 5.91 Å². The fraction of sp³-hybridized carbons (Fsp3) is 0.240. The van der Waals surface area contributed by atoms with Crippen LogP contribution in [-0.4, -0.2) is 34.1 Å². The number of anilines is 1. The average Bonchev–Trinajstić information content (AvgIpc) is 2.84. The minimum atomic E-state index is -4.24. The van der Waals surface area contributed by atoms with E-state index in [0.29, 0.717) is 24.7 Å². The molecule has 10 heteroatoms. The van der Waals surface area contributed by atoms with Crippen LogP contribution in [0.4, 0.5) is 14.5 Å². The summed E-state index contributed by atoms with van der Waals surface area (Å²) < 4.78 is 65.2. The molecule has 0 aliphatic rings. The molecule has 0 saturated heterocycles. The SMILES string of the molecule is CCOc1ccc(CNC(=O)CN(c2ccc(F)cc2)S(=O)(=O)c2ccc(F)cc2)cc1OCC. The van der Waals surface area contributed by atoms with Crippen molar-refractivity contribution in [2.75, 3.05) is 24.1 Å². The van der Waals surface area contributed by atoms with Crippen LogP contribution in [0.3, 0.4) is 0 Å². The standard InChI is InChI=1S/C25H26F2N2O5S/c1-3-33-23-14-5-18(15-24(23)34-4-2)16-28-25(30)17-29(21-10-6-19(26)7-11-21)35(31,32)22-12-8-20(27)9-13-22/h5-15H,3-4,16-17H2,1-2H3,(H,28,30). The highest BCUT2D eigenvalue weighted by Crippen LogP contribution is 2.29. The van der Waals surface area contributed by atoms with Gasteiger partial charge >= 0.3 is 0 Å². The van der Waals surface area contributed by atoms with Crippen molar-refractivity contribution in [2.24, 2.45) is 0 Å². The number of hydrogen-bond donors (Lipinski definition) is 1. The van der Waals surface area contributed by atoms with Crippen molar-refractivity contribution in [3.05, 3.63) is 83.9 Å². The molecule has 1 amide bonds. The summed E-state index contributed by atoms with van der Waals surface area (Å²) in [6.45, 7) is 4.15. The molecule has 186 valence electrons. The van der Waals surface area contributed by atoms with E-state index in [9.17, 15) is 22.0 Å². The van der Waals surface area contributed by atoms with Crippen molar-refractivity contribution < 1.29 is 31.5 Å². The van der Waals surface area contributed by atoms with Crippen LogP contribution in [0.1, 0.15) is 19.4 Å². The summed E-state index contributed by atoms with van der Waals surface area (Å²) in [5.41, 5.74) is 0.811. The highest BCUT2D eigenvalue weighted by Gasteiger charge is 2.27. The first-order valence-electron chi connectivity index (χ1n) is 10.9. The van der Waals surface area contributed by atoms with Crippen LogP contribution in [0.25, 0.3) is 0 Å². The molecular formula is C25H26F2N2O5S. The first-order valence-corrected chi connectivity index (χ1v) is 12.4. The molecule has 0 bridgehead atoms. The van der Waals surface area contributed by atoms with E-state index in [-0.39, 0.29) is 17.1 Å². The predicted molar refractivity (Wildman–Crippen MR) is 128 cm³/mol. The normalized spacial score (nSPS) is 11.1. The summed E-state index contributed by atoms with van der Waals surface area (Å²) in [7, 11) is -4.24. The topological polar surface area (TPSA) is 84.9 Å². The molecule has 0 aliphatic heterocycles. The number of ether oxygens (including phenoxy) is 2. The lowest BCUT2D eigenvalue weighted by Gasteiger charge is -2.24. The molecule has 0 aliphatic carbocycles. The quantitative estimate of drug-likeness (QED) is 0.422. The van der Waals surface area contributed by atoms with Gasteiger partial charge in [0.25, 0.3) is 10.0 Å². The Morgan fingerprint density at radius 3 is 2.03 bits per heavy atom. The Morgan fingerprint density at radius 2 is 1.43 bits per heavy atom. The third-order valence-corrected chi connectivity index (χ3v) is 6.69. The molecule has 35 heavy (non-hydrogen) atoms. The van der Waals surface area contributed by atoms with Crippen LogP contribution in [0.2, 0.25) is 0 Å². The molecule has 0 radical (unpaired) electrons. The largest absolute Gasteiger partial charge is 0.490 e. The number of hydrogen-bond acceptors (Lipinski definition) is 5. The maximum absolute atomic E-state index is 13.4. The molecule has 0 unspecified atom stereocenters. The van der Waals surface area contributed by atoms with Gasteiger partial charge in [0.05, 0.1) is 23.8 Å². The third kappa shape index (κ3) is 6.69. The molecule has 3 aromatic rings. The monoisotopic (exact) mass is 504 g/mol. The third-order valence-electron chi connectivity index (χ3n) is 4.90. The zero-order valence-electron chi connectivity index (χ0n) is 19.3. The van der Waals surface area contributed by atoms with Crippen molar-refractivity contribution >= 4 is 21.6 Å². The number of benzene rings is 3. The van der Waals surface area contributed by atoms with Gasteiger partial charge < -0.3 is 14.8 Å². The molecule has 0 aromatic heterocycles. The second-order valence-corrected chi connectivity index (χ2v) is 9.23. The molecule has 0 spiro atoms. The van der Waals surface area contributed by atoms with Gasteiger partial charge in [-0.15, -0.1) is 0 Å². The van der Waals surface area contributed by atoms with E-state index in [1.807, 2.05) is 13.8 Å². The summed E-state index contributed by atoms with van der Waals surface area (Å²) in [4.78, 5) is 12.6. The van der Waals surface area contributed by atoms with Gasteiger partial charge in [-0.1, -0.05) is 6.07 Å². The molecule has 0 heterocycles. The van der Waals surface area contributed by atoms with Crippen molar-refractivity contribution in [3.63, 3.8) is 0 Å². The average molecular weight is 505 g/mol. The predicted octanol–water partition coefficient (Wildman–Crippen LogP) is 4.27. The van der Waals surface area contributed by atoms with Crippen molar-refractivity contribution in [3.8, 4) is 11.5 Å². The first-order chi connectivity index (χ1) is 16.7. The highest BCUT2D eigenvalue weighted by molar-refractivity contribution is 7.92. The fourth-order valence-corrected chi connectivity index (χ4v) is 4.67. The fourth-order valence-electron chi connectivity index (χ4n) is 3.25. The van der Waals surface area contributed by atoms with Gasteiger partial charge in [-0.2, -0.15) is 0 Å². The number of nitrogens with zero attached hydrogens (tertiary/aromatic N) is 1. The number of halogens is 2.